The minimum atomic E-state index is 0.0550. The van der Waals surface area contributed by atoms with Crippen molar-refractivity contribution in [2.45, 2.75) is 44.4 Å². The van der Waals surface area contributed by atoms with Gasteiger partial charge < -0.3 is 10.3 Å². The van der Waals surface area contributed by atoms with E-state index in [2.05, 4.69) is 33.5 Å². The number of thiazole rings is 1. The molecule has 25 heavy (non-hydrogen) atoms. The van der Waals surface area contributed by atoms with Crippen LogP contribution in [-0.4, -0.2) is 22.4 Å². The van der Waals surface area contributed by atoms with E-state index in [9.17, 15) is 4.79 Å². The molecule has 4 rings (SSSR count). The lowest BCUT2D eigenvalue weighted by molar-refractivity contribution is -0.120. The average Bonchev–Trinajstić information content (AvgIpc) is 3.34. The molecule has 1 amide bonds. The lowest BCUT2D eigenvalue weighted by Gasteiger charge is -2.04. The first-order valence-corrected chi connectivity index (χ1v) is 9.93. The van der Waals surface area contributed by atoms with E-state index in [-0.39, 0.29) is 5.91 Å². The van der Waals surface area contributed by atoms with Crippen molar-refractivity contribution in [1.82, 2.24) is 15.3 Å². The number of hydrogen-bond donors (Lipinski definition) is 2. The van der Waals surface area contributed by atoms with Gasteiger partial charge in [0.1, 0.15) is 0 Å². The van der Waals surface area contributed by atoms with Crippen LogP contribution < -0.4 is 5.32 Å². The van der Waals surface area contributed by atoms with Crippen molar-refractivity contribution in [3.63, 3.8) is 0 Å². The molecular weight excluding hydrogens is 330 g/mol. The highest BCUT2D eigenvalue weighted by Gasteiger charge is 2.20. The highest BCUT2D eigenvalue weighted by Crippen LogP contribution is 2.35. The third-order valence-corrected chi connectivity index (χ3v) is 5.97. The Labute approximate surface area is 151 Å². The van der Waals surface area contributed by atoms with E-state index in [0.29, 0.717) is 18.9 Å². The van der Waals surface area contributed by atoms with Crippen LogP contribution in [0.15, 0.2) is 35.7 Å². The smallest absolute Gasteiger partial charge is 0.226 e. The number of hydrogen-bond acceptors (Lipinski definition) is 3. The summed E-state index contributed by atoms with van der Waals surface area (Å²) in [5, 5.41) is 7.49. The molecule has 0 atom stereocenters. The Morgan fingerprint density at radius 3 is 2.96 bits per heavy atom. The number of fused-ring (bicyclic) bond motifs is 1. The van der Waals surface area contributed by atoms with E-state index < -0.39 is 0 Å². The summed E-state index contributed by atoms with van der Waals surface area (Å²) in [5.74, 6) is 0.684. The number of carbonyl (C=O) groups is 1. The van der Waals surface area contributed by atoms with Crippen LogP contribution in [-0.2, 0) is 17.6 Å². The molecule has 2 heterocycles. The van der Waals surface area contributed by atoms with Crippen molar-refractivity contribution in [3.8, 4) is 0 Å². The fraction of sp³-hybridized carbons (Fsp3) is 0.400. The average molecular weight is 353 g/mol. The largest absolute Gasteiger partial charge is 0.358 e. The Morgan fingerprint density at radius 2 is 2.12 bits per heavy atom. The zero-order valence-electron chi connectivity index (χ0n) is 14.3. The van der Waals surface area contributed by atoms with Gasteiger partial charge in [-0.05, 0) is 30.4 Å². The topological polar surface area (TPSA) is 57.8 Å². The highest BCUT2D eigenvalue weighted by atomic mass is 32.1. The quantitative estimate of drug-likeness (QED) is 0.698. The van der Waals surface area contributed by atoms with Crippen molar-refractivity contribution >= 4 is 28.1 Å². The summed E-state index contributed by atoms with van der Waals surface area (Å²) < 4.78 is 0. The molecule has 2 N–H and O–H groups in total. The number of benzene rings is 1. The minimum absolute atomic E-state index is 0.0550. The maximum atomic E-state index is 12.1. The first-order valence-electron chi connectivity index (χ1n) is 9.05. The number of rotatable bonds is 6. The molecule has 5 heteroatoms. The third kappa shape index (κ3) is 3.93. The van der Waals surface area contributed by atoms with Gasteiger partial charge in [-0.2, -0.15) is 0 Å². The molecule has 4 nitrogen and oxygen atoms in total. The Bertz CT molecular complexity index is 828. The number of carbonyl (C=O) groups excluding carboxylic acids is 1. The van der Waals surface area contributed by atoms with Gasteiger partial charge in [-0.1, -0.05) is 31.0 Å². The summed E-state index contributed by atoms with van der Waals surface area (Å²) >= 11 is 1.72. The predicted octanol–water partition coefficient (Wildman–Crippen LogP) is 4.18. The molecule has 0 spiro atoms. The lowest BCUT2D eigenvalue weighted by atomic mass is 10.1. The maximum absolute atomic E-state index is 12.1. The van der Waals surface area contributed by atoms with E-state index in [1.165, 1.54) is 36.1 Å². The van der Waals surface area contributed by atoms with Gasteiger partial charge in [0.25, 0.3) is 0 Å². The minimum Gasteiger partial charge on any atom is -0.358 e. The van der Waals surface area contributed by atoms with Crippen molar-refractivity contribution in [1.29, 1.82) is 0 Å². The van der Waals surface area contributed by atoms with Crippen LogP contribution in [0.5, 0.6) is 0 Å². The van der Waals surface area contributed by atoms with Crippen molar-refractivity contribution in [3.05, 3.63) is 52.1 Å². The summed E-state index contributed by atoms with van der Waals surface area (Å²) in [7, 11) is 0. The van der Waals surface area contributed by atoms with Gasteiger partial charge in [0, 0.05) is 35.5 Å². The molecule has 1 fully saturated rings. The molecule has 1 aliphatic rings. The number of nitrogens with zero attached hydrogens (tertiary/aromatic N) is 1. The molecule has 130 valence electrons. The van der Waals surface area contributed by atoms with Gasteiger partial charge in [0.15, 0.2) is 0 Å². The van der Waals surface area contributed by atoms with E-state index in [1.54, 1.807) is 11.3 Å². The summed E-state index contributed by atoms with van der Waals surface area (Å²) in [4.78, 5) is 20.2. The molecule has 0 saturated heterocycles. The van der Waals surface area contributed by atoms with Crippen molar-refractivity contribution in [2.75, 3.05) is 6.54 Å². The van der Waals surface area contributed by atoms with E-state index in [1.807, 2.05) is 17.5 Å². The molecule has 2 aromatic heterocycles. The van der Waals surface area contributed by atoms with Crippen LogP contribution in [0, 0.1) is 0 Å². The molecule has 0 bridgehead atoms. The fourth-order valence-corrected chi connectivity index (χ4v) is 4.59. The molecule has 1 saturated carbocycles. The molecule has 0 unspecified atom stereocenters. The zero-order valence-corrected chi connectivity index (χ0v) is 15.1. The van der Waals surface area contributed by atoms with Gasteiger partial charge in [-0.25, -0.2) is 4.98 Å². The Balaban J connectivity index is 1.26. The van der Waals surface area contributed by atoms with Crippen LogP contribution in [0.3, 0.4) is 0 Å². The summed E-state index contributed by atoms with van der Waals surface area (Å²) in [6.07, 6.45) is 6.33. The van der Waals surface area contributed by atoms with Gasteiger partial charge in [-0.15, -0.1) is 11.3 Å². The lowest BCUT2D eigenvalue weighted by Crippen LogP contribution is -2.27. The Kier molecular flexibility index (Phi) is 4.83. The second-order valence-corrected chi connectivity index (χ2v) is 7.71. The Morgan fingerprint density at radius 1 is 1.28 bits per heavy atom. The van der Waals surface area contributed by atoms with Gasteiger partial charge in [0.2, 0.25) is 5.91 Å². The summed E-state index contributed by atoms with van der Waals surface area (Å²) in [6.45, 7) is 0.644. The summed E-state index contributed by atoms with van der Waals surface area (Å²) in [6, 6.07) is 10.4. The van der Waals surface area contributed by atoms with Gasteiger partial charge >= 0.3 is 0 Å². The first-order chi connectivity index (χ1) is 12.3. The first kappa shape index (κ1) is 16.3. The standard InChI is InChI=1S/C20H23N3OS/c24-19(12-17-13-25-20(23-17)14-5-1-2-6-14)21-10-9-16-11-15-7-3-4-8-18(15)22-16/h3-4,7-8,11,13-14,22H,1-2,5-6,9-10,12H2,(H,21,24). The fourth-order valence-electron chi connectivity index (χ4n) is 3.60. The number of nitrogens with one attached hydrogen (secondary N) is 2. The normalized spacial score (nSPS) is 15.0. The second-order valence-electron chi connectivity index (χ2n) is 6.82. The maximum Gasteiger partial charge on any atom is 0.226 e. The van der Waals surface area contributed by atoms with Crippen LogP contribution >= 0.6 is 11.3 Å². The van der Waals surface area contributed by atoms with Gasteiger partial charge in [0.05, 0.1) is 17.1 Å². The van der Waals surface area contributed by atoms with E-state index >= 15 is 0 Å². The summed E-state index contributed by atoms with van der Waals surface area (Å²) in [5.41, 5.74) is 3.21. The third-order valence-electron chi connectivity index (χ3n) is 4.92. The van der Waals surface area contributed by atoms with Crippen LogP contribution in [0.2, 0.25) is 0 Å². The number of H-pyrrole nitrogens is 1. The molecule has 1 aliphatic carbocycles. The number of aromatic amines is 1. The molecule has 0 aliphatic heterocycles. The van der Waals surface area contributed by atoms with Crippen molar-refractivity contribution in [2.24, 2.45) is 0 Å². The number of para-hydroxylation sites is 1. The SMILES string of the molecule is O=C(Cc1csc(C2CCCC2)n1)NCCc1cc2ccccc2[nH]1. The monoisotopic (exact) mass is 353 g/mol. The van der Waals surface area contributed by atoms with Crippen LogP contribution in [0.1, 0.15) is 48.0 Å². The zero-order chi connectivity index (χ0) is 17.1. The molecule has 3 aromatic rings. The van der Waals surface area contributed by atoms with Crippen molar-refractivity contribution < 1.29 is 4.79 Å². The Hall–Kier alpha value is -2.14. The van der Waals surface area contributed by atoms with Crippen LogP contribution in [0.25, 0.3) is 10.9 Å². The number of aromatic nitrogens is 2. The number of amides is 1. The predicted molar refractivity (Wildman–Crippen MR) is 102 cm³/mol. The molecule has 1 aromatic carbocycles. The molecular formula is C20H23N3OS. The van der Waals surface area contributed by atoms with E-state index in [0.717, 1.165) is 23.3 Å². The van der Waals surface area contributed by atoms with Crippen LogP contribution in [0.4, 0.5) is 0 Å². The highest BCUT2D eigenvalue weighted by molar-refractivity contribution is 7.09. The van der Waals surface area contributed by atoms with Gasteiger partial charge in [-0.3, -0.25) is 4.79 Å². The second kappa shape index (κ2) is 7.40. The molecule has 0 radical (unpaired) electrons. The van der Waals surface area contributed by atoms with E-state index in [4.69, 9.17) is 0 Å².